The van der Waals surface area contributed by atoms with Crippen molar-refractivity contribution in [3.8, 4) is 11.5 Å². The molecule has 33 heavy (non-hydrogen) atoms. The van der Waals surface area contributed by atoms with E-state index in [1.807, 2.05) is 31.2 Å². The number of piperazine rings is 1. The summed E-state index contributed by atoms with van der Waals surface area (Å²) in [4.78, 5) is 17.9. The van der Waals surface area contributed by atoms with Crippen LogP contribution in [0.25, 0.3) is 0 Å². The molecule has 0 spiro atoms. The molecule has 9 nitrogen and oxygen atoms in total. The van der Waals surface area contributed by atoms with Crippen molar-refractivity contribution in [2.45, 2.75) is 20.0 Å². The third-order valence-electron chi connectivity index (χ3n) is 5.89. The number of anilines is 3. The molecular formula is C23H26ClN7O2. The fourth-order valence-electron chi connectivity index (χ4n) is 4.03. The molecule has 2 aliphatic rings. The van der Waals surface area contributed by atoms with Gasteiger partial charge in [-0.1, -0.05) is 23.7 Å². The minimum atomic E-state index is 0.198. The second-order valence-corrected chi connectivity index (χ2v) is 8.62. The molecule has 5 rings (SSSR count). The van der Waals surface area contributed by atoms with Crippen LogP contribution in [0.15, 0.2) is 36.4 Å². The zero-order valence-corrected chi connectivity index (χ0v) is 19.2. The Bertz CT molecular complexity index is 1150. The maximum Gasteiger partial charge on any atom is 0.232 e. The molecule has 0 radical (unpaired) electrons. The Hall–Kier alpha value is -3.14. The predicted molar refractivity (Wildman–Crippen MR) is 127 cm³/mol. The lowest BCUT2D eigenvalue weighted by atomic mass is 10.1. The van der Waals surface area contributed by atoms with Crippen LogP contribution >= 0.6 is 11.6 Å². The molecule has 0 aliphatic carbocycles. The molecule has 10 heteroatoms. The summed E-state index contributed by atoms with van der Waals surface area (Å²) >= 11 is 6.22. The van der Waals surface area contributed by atoms with Gasteiger partial charge >= 0.3 is 0 Å². The van der Waals surface area contributed by atoms with Crippen LogP contribution in [0.2, 0.25) is 5.02 Å². The number of halogens is 1. The van der Waals surface area contributed by atoms with Gasteiger partial charge in [0.1, 0.15) is 5.82 Å². The van der Waals surface area contributed by atoms with E-state index < -0.39 is 0 Å². The Morgan fingerprint density at radius 1 is 0.970 bits per heavy atom. The molecule has 2 aromatic carbocycles. The zero-order valence-electron chi connectivity index (χ0n) is 18.4. The molecule has 1 fully saturated rings. The van der Waals surface area contributed by atoms with Gasteiger partial charge in [0.2, 0.25) is 18.7 Å². The monoisotopic (exact) mass is 467 g/mol. The Morgan fingerprint density at radius 3 is 2.55 bits per heavy atom. The Morgan fingerprint density at radius 2 is 1.73 bits per heavy atom. The van der Waals surface area contributed by atoms with Crippen LogP contribution in [-0.4, -0.2) is 57.7 Å². The number of nitrogen functional groups attached to an aromatic ring is 1. The van der Waals surface area contributed by atoms with Crippen LogP contribution in [-0.2, 0) is 13.1 Å². The van der Waals surface area contributed by atoms with Crippen LogP contribution < -0.4 is 20.5 Å². The summed E-state index contributed by atoms with van der Waals surface area (Å²) in [6, 6.07) is 11.8. The molecule has 3 heterocycles. The van der Waals surface area contributed by atoms with Crippen molar-refractivity contribution in [3.05, 3.63) is 58.4 Å². The number of hydrogen-bond donors (Lipinski definition) is 2. The van der Waals surface area contributed by atoms with Crippen LogP contribution in [0.1, 0.15) is 17.0 Å². The van der Waals surface area contributed by atoms with Gasteiger partial charge in [0.25, 0.3) is 0 Å². The summed E-state index contributed by atoms with van der Waals surface area (Å²) in [5, 5.41) is 3.89. The molecule has 0 bridgehead atoms. The van der Waals surface area contributed by atoms with Gasteiger partial charge < -0.3 is 20.5 Å². The quantitative estimate of drug-likeness (QED) is 0.565. The highest BCUT2D eigenvalue weighted by Gasteiger charge is 2.20. The van der Waals surface area contributed by atoms with E-state index in [1.54, 1.807) is 0 Å². The molecule has 0 amide bonds. The van der Waals surface area contributed by atoms with Gasteiger partial charge in [-0.3, -0.25) is 9.80 Å². The fraction of sp³-hybridized carbons (Fsp3) is 0.348. The van der Waals surface area contributed by atoms with Crippen LogP contribution in [0.3, 0.4) is 0 Å². The van der Waals surface area contributed by atoms with Crippen molar-refractivity contribution < 1.29 is 9.47 Å². The molecule has 3 N–H and O–H groups in total. The largest absolute Gasteiger partial charge is 0.454 e. The lowest BCUT2D eigenvalue weighted by molar-refractivity contribution is 0.120. The predicted octanol–water partition coefficient (Wildman–Crippen LogP) is 3.21. The van der Waals surface area contributed by atoms with E-state index in [1.165, 1.54) is 5.56 Å². The molecule has 0 atom stereocenters. The average Bonchev–Trinajstić information content (AvgIpc) is 3.26. The second-order valence-electron chi connectivity index (χ2n) is 8.21. The minimum Gasteiger partial charge on any atom is -0.454 e. The van der Waals surface area contributed by atoms with Gasteiger partial charge in [-0.25, -0.2) is 0 Å². The summed E-state index contributed by atoms with van der Waals surface area (Å²) in [5.41, 5.74) is 8.96. The normalized spacial score (nSPS) is 16.2. The van der Waals surface area contributed by atoms with E-state index in [0.717, 1.165) is 55.5 Å². The summed E-state index contributed by atoms with van der Waals surface area (Å²) in [6.45, 7) is 7.51. The first-order valence-corrected chi connectivity index (χ1v) is 11.3. The van der Waals surface area contributed by atoms with Crippen LogP contribution in [0.5, 0.6) is 11.5 Å². The molecule has 3 aromatic rings. The standard InChI is InChI=1S/C23H26ClN7O2/c1-15-17(24)3-2-4-18(15)26-23-28-21(27-22(25)29-23)13-31-9-7-30(8-10-31)12-16-5-6-19-20(11-16)33-14-32-19/h2-6,11H,7-10,12-14H2,1H3,(H3,25,26,27,28,29). The topological polar surface area (TPSA) is 102 Å². The van der Waals surface area contributed by atoms with E-state index in [0.29, 0.717) is 30.1 Å². The second kappa shape index (κ2) is 9.38. The van der Waals surface area contributed by atoms with Crippen molar-refractivity contribution >= 4 is 29.2 Å². The van der Waals surface area contributed by atoms with E-state index in [4.69, 9.17) is 26.8 Å². The molecule has 1 aromatic heterocycles. The van der Waals surface area contributed by atoms with Crippen LogP contribution in [0.4, 0.5) is 17.6 Å². The highest BCUT2D eigenvalue weighted by Crippen LogP contribution is 2.33. The molecule has 1 saturated heterocycles. The first-order valence-electron chi connectivity index (χ1n) is 10.9. The number of benzene rings is 2. The highest BCUT2D eigenvalue weighted by atomic mass is 35.5. The molecule has 172 valence electrons. The molecule has 0 saturated carbocycles. The van der Waals surface area contributed by atoms with Gasteiger partial charge in [-0.05, 0) is 42.3 Å². The van der Waals surface area contributed by atoms with E-state index in [-0.39, 0.29) is 5.95 Å². The van der Waals surface area contributed by atoms with Crippen molar-refractivity contribution in [1.82, 2.24) is 24.8 Å². The lowest BCUT2D eigenvalue weighted by Crippen LogP contribution is -2.45. The van der Waals surface area contributed by atoms with E-state index in [2.05, 4.69) is 42.2 Å². The first kappa shape index (κ1) is 21.7. The number of ether oxygens (including phenoxy) is 2. The fourth-order valence-corrected chi connectivity index (χ4v) is 4.21. The number of fused-ring (bicyclic) bond motifs is 1. The van der Waals surface area contributed by atoms with Gasteiger partial charge in [0.05, 0.1) is 6.54 Å². The van der Waals surface area contributed by atoms with Gasteiger partial charge in [-0.2, -0.15) is 15.0 Å². The SMILES string of the molecule is Cc1c(Cl)cccc1Nc1nc(N)nc(CN2CCN(Cc3ccc4c(c3)OCO4)CC2)n1. The van der Waals surface area contributed by atoms with E-state index >= 15 is 0 Å². The van der Waals surface area contributed by atoms with Crippen molar-refractivity contribution in [2.24, 2.45) is 0 Å². The highest BCUT2D eigenvalue weighted by molar-refractivity contribution is 6.31. The number of aromatic nitrogens is 3. The van der Waals surface area contributed by atoms with Crippen molar-refractivity contribution in [3.63, 3.8) is 0 Å². The molecule has 0 unspecified atom stereocenters. The van der Waals surface area contributed by atoms with E-state index in [9.17, 15) is 0 Å². The number of hydrogen-bond acceptors (Lipinski definition) is 9. The number of nitrogens with zero attached hydrogens (tertiary/aromatic N) is 5. The summed E-state index contributed by atoms with van der Waals surface area (Å²) in [5.74, 6) is 2.91. The molecular weight excluding hydrogens is 442 g/mol. The Kier molecular flexibility index (Phi) is 6.17. The Labute approximate surface area is 197 Å². The van der Waals surface area contributed by atoms with Gasteiger partial charge in [0.15, 0.2) is 11.5 Å². The van der Waals surface area contributed by atoms with Gasteiger partial charge in [-0.15, -0.1) is 0 Å². The number of nitrogens with one attached hydrogen (secondary N) is 1. The summed E-state index contributed by atoms with van der Waals surface area (Å²) < 4.78 is 10.9. The smallest absolute Gasteiger partial charge is 0.232 e. The average molecular weight is 468 g/mol. The van der Waals surface area contributed by atoms with Crippen molar-refractivity contribution in [2.75, 3.05) is 44.0 Å². The summed E-state index contributed by atoms with van der Waals surface area (Å²) in [7, 11) is 0. The Balaban J connectivity index is 1.18. The lowest BCUT2D eigenvalue weighted by Gasteiger charge is -2.34. The first-order chi connectivity index (χ1) is 16.0. The maximum atomic E-state index is 6.22. The van der Waals surface area contributed by atoms with Crippen LogP contribution in [0, 0.1) is 6.92 Å². The minimum absolute atomic E-state index is 0.198. The summed E-state index contributed by atoms with van der Waals surface area (Å²) in [6.07, 6.45) is 0. The third kappa shape index (κ3) is 5.11. The maximum absolute atomic E-state index is 6.22. The number of nitrogens with two attached hydrogens (primary N) is 1. The molecule has 2 aliphatic heterocycles. The number of rotatable bonds is 6. The third-order valence-corrected chi connectivity index (χ3v) is 6.30. The van der Waals surface area contributed by atoms with Crippen molar-refractivity contribution in [1.29, 1.82) is 0 Å². The van der Waals surface area contributed by atoms with Gasteiger partial charge in [0, 0.05) is 43.4 Å². The zero-order chi connectivity index (χ0) is 22.8.